The van der Waals surface area contributed by atoms with Crippen LogP contribution < -0.4 is 0 Å². The standard InChI is InChI=1S/C12H12N2O4/c1-7-4-3-5-8-11(12(17)18-2)13-9(14(7)8)6-10(15)16/h3-5H,6H2,1-2H3,(H,15,16). The van der Waals surface area contributed by atoms with Gasteiger partial charge in [-0.05, 0) is 19.1 Å². The van der Waals surface area contributed by atoms with Crippen LogP contribution in [0.1, 0.15) is 22.0 Å². The lowest BCUT2D eigenvalue weighted by molar-refractivity contribution is -0.136. The van der Waals surface area contributed by atoms with Crippen molar-refractivity contribution in [2.45, 2.75) is 13.3 Å². The van der Waals surface area contributed by atoms with Crippen LogP contribution in [0.25, 0.3) is 5.52 Å². The number of esters is 1. The first-order valence-corrected chi connectivity index (χ1v) is 5.31. The molecule has 0 radical (unpaired) electrons. The van der Waals surface area contributed by atoms with Gasteiger partial charge in [-0.1, -0.05) is 6.07 Å². The first kappa shape index (κ1) is 12.1. The average Bonchev–Trinajstić information content (AvgIpc) is 2.68. The van der Waals surface area contributed by atoms with Crippen LogP contribution in [0.4, 0.5) is 0 Å². The summed E-state index contributed by atoms with van der Waals surface area (Å²) in [6.07, 6.45) is -0.247. The number of hydrogen-bond acceptors (Lipinski definition) is 4. The van der Waals surface area contributed by atoms with Crippen molar-refractivity contribution in [3.8, 4) is 0 Å². The molecule has 6 nitrogen and oxygen atoms in total. The van der Waals surface area contributed by atoms with Gasteiger partial charge in [-0.2, -0.15) is 0 Å². The fourth-order valence-electron chi connectivity index (χ4n) is 1.88. The molecule has 2 aromatic heterocycles. The first-order chi connectivity index (χ1) is 8.54. The Labute approximate surface area is 103 Å². The lowest BCUT2D eigenvalue weighted by atomic mass is 10.3. The van der Waals surface area contributed by atoms with E-state index < -0.39 is 11.9 Å². The molecule has 0 bridgehead atoms. The summed E-state index contributed by atoms with van der Waals surface area (Å²) in [5.41, 5.74) is 1.50. The zero-order valence-corrected chi connectivity index (χ0v) is 10.0. The number of hydrogen-bond donors (Lipinski definition) is 1. The highest BCUT2D eigenvalue weighted by molar-refractivity contribution is 5.95. The third kappa shape index (κ3) is 1.92. The summed E-state index contributed by atoms with van der Waals surface area (Å²) in [7, 11) is 1.26. The number of carboxylic acids is 1. The molecule has 18 heavy (non-hydrogen) atoms. The molecule has 0 unspecified atom stereocenters. The molecule has 0 aliphatic rings. The molecule has 1 N–H and O–H groups in total. The summed E-state index contributed by atoms with van der Waals surface area (Å²) in [6.45, 7) is 1.82. The molecule has 0 aromatic carbocycles. The van der Waals surface area contributed by atoms with Crippen molar-refractivity contribution < 1.29 is 19.4 Å². The van der Waals surface area contributed by atoms with Crippen molar-refractivity contribution in [2.75, 3.05) is 7.11 Å². The number of ether oxygens (including phenoxy) is 1. The lowest BCUT2D eigenvalue weighted by Crippen LogP contribution is -2.06. The van der Waals surface area contributed by atoms with Crippen LogP contribution in [0.15, 0.2) is 18.2 Å². The van der Waals surface area contributed by atoms with Crippen molar-refractivity contribution in [2.24, 2.45) is 0 Å². The van der Waals surface area contributed by atoms with Gasteiger partial charge >= 0.3 is 11.9 Å². The quantitative estimate of drug-likeness (QED) is 0.821. The van der Waals surface area contributed by atoms with Crippen LogP contribution in [0.5, 0.6) is 0 Å². The number of aromatic nitrogens is 2. The highest BCUT2D eigenvalue weighted by Gasteiger charge is 2.19. The van der Waals surface area contributed by atoms with Crippen LogP contribution in [0.2, 0.25) is 0 Å². The van der Waals surface area contributed by atoms with Crippen LogP contribution in [0.3, 0.4) is 0 Å². The number of aryl methyl sites for hydroxylation is 1. The zero-order valence-electron chi connectivity index (χ0n) is 10.0. The number of imidazole rings is 1. The molecule has 0 aliphatic heterocycles. The Balaban J connectivity index is 2.71. The summed E-state index contributed by atoms with van der Waals surface area (Å²) in [6, 6.07) is 5.31. The fraction of sp³-hybridized carbons (Fsp3) is 0.250. The van der Waals surface area contributed by atoms with Crippen molar-refractivity contribution in [1.29, 1.82) is 0 Å². The molecule has 0 spiro atoms. The number of methoxy groups -OCH3 is 1. The second-order valence-electron chi connectivity index (χ2n) is 3.83. The molecule has 0 fully saturated rings. The molecule has 2 aromatic rings. The Morgan fingerprint density at radius 1 is 1.44 bits per heavy atom. The summed E-state index contributed by atoms with van der Waals surface area (Å²) < 4.78 is 6.29. The third-order valence-corrected chi connectivity index (χ3v) is 2.61. The maximum absolute atomic E-state index is 11.6. The highest BCUT2D eigenvalue weighted by Crippen LogP contribution is 2.17. The fourth-order valence-corrected chi connectivity index (χ4v) is 1.88. The maximum atomic E-state index is 11.6. The smallest absolute Gasteiger partial charge is 0.358 e. The Bertz CT molecular complexity index is 630. The molecular weight excluding hydrogens is 236 g/mol. The Hall–Kier alpha value is -2.37. The van der Waals surface area contributed by atoms with Crippen LogP contribution in [0, 0.1) is 6.92 Å². The molecule has 94 valence electrons. The average molecular weight is 248 g/mol. The number of rotatable bonds is 3. The molecule has 0 amide bonds. The van der Waals surface area contributed by atoms with E-state index in [1.54, 1.807) is 16.5 Å². The van der Waals surface area contributed by atoms with E-state index in [1.165, 1.54) is 7.11 Å². The van der Waals surface area contributed by atoms with E-state index >= 15 is 0 Å². The molecule has 6 heteroatoms. The third-order valence-electron chi connectivity index (χ3n) is 2.61. The number of nitrogens with zero attached hydrogens (tertiary/aromatic N) is 2. The van der Waals surface area contributed by atoms with Gasteiger partial charge in [0.15, 0.2) is 5.69 Å². The zero-order chi connectivity index (χ0) is 13.3. The van der Waals surface area contributed by atoms with Crippen molar-refractivity contribution in [3.05, 3.63) is 35.4 Å². The number of aliphatic carboxylic acids is 1. The van der Waals surface area contributed by atoms with E-state index in [4.69, 9.17) is 5.11 Å². The SMILES string of the molecule is COC(=O)c1nc(CC(=O)O)n2c(C)cccc12. The summed E-state index contributed by atoms with van der Waals surface area (Å²) in [5.74, 6) is -1.26. The maximum Gasteiger partial charge on any atom is 0.358 e. The van der Waals surface area contributed by atoms with E-state index in [2.05, 4.69) is 9.72 Å². The van der Waals surface area contributed by atoms with Gasteiger partial charge in [0.05, 0.1) is 12.6 Å². The molecule has 0 aliphatic carbocycles. The van der Waals surface area contributed by atoms with Gasteiger partial charge in [0.2, 0.25) is 0 Å². The number of carbonyl (C=O) groups excluding carboxylic acids is 1. The monoisotopic (exact) mass is 248 g/mol. The number of pyridine rings is 1. The van der Waals surface area contributed by atoms with Gasteiger partial charge < -0.3 is 9.84 Å². The first-order valence-electron chi connectivity index (χ1n) is 5.31. The van der Waals surface area contributed by atoms with E-state index in [-0.39, 0.29) is 12.1 Å². The van der Waals surface area contributed by atoms with Crippen molar-refractivity contribution >= 4 is 17.5 Å². The molecule has 0 saturated heterocycles. The van der Waals surface area contributed by atoms with Gasteiger partial charge in [-0.3, -0.25) is 9.20 Å². The summed E-state index contributed by atoms with van der Waals surface area (Å²) in [4.78, 5) is 26.5. The predicted octanol–water partition coefficient (Wildman–Crippen LogP) is 1.06. The lowest BCUT2D eigenvalue weighted by Gasteiger charge is -2.02. The van der Waals surface area contributed by atoms with E-state index in [1.807, 2.05) is 13.0 Å². The molecule has 2 heterocycles. The molecule has 2 rings (SSSR count). The molecule has 0 atom stereocenters. The van der Waals surface area contributed by atoms with Gasteiger partial charge in [0.1, 0.15) is 12.2 Å². The summed E-state index contributed by atoms with van der Waals surface area (Å²) in [5, 5.41) is 8.85. The highest BCUT2D eigenvalue weighted by atomic mass is 16.5. The minimum atomic E-state index is -0.999. The van der Waals surface area contributed by atoms with E-state index in [0.29, 0.717) is 11.3 Å². The van der Waals surface area contributed by atoms with Crippen molar-refractivity contribution in [3.63, 3.8) is 0 Å². The predicted molar refractivity (Wildman–Crippen MR) is 62.6 cm³/mol. The molecule has 0 saturated carbocycles. The number of carboxylic acid groups (broad SMARTS) is 1. The minimum absolute atomic E-state index is 0.137. The largest absolute Gasteiger partial charge is 0.481 e. The Morgan fingerprint density at radius 3 is 2.78 bits per heavy atom. The van der Waals surface area contributed by atoms with Gasteiger partial charge in [-0.25, -0.2) is 9.78 Å². The molecular formula is C12H12N2O4. The topological polar surface area (TPSA) is 80.9 Å². The van der Waals surface area contributed by atoms with Crippen LogP contribution in [-0.2, 0) is 16.0 Å². The normalized spacial score (nSPS) is 10.6. The number of carbonyl (C=O) groups is 2. The Morgan fingerprint density at radius 2 is 2.17 bits per heavy atom. The van der Waals surface area contributed by atoms with Gasteiger partial charge in [0.25, 0.3) is 0 Å². The van der Waals surface area contributed by atoms with Crippen molar-refractivity contribution in [1.82, 2.24) is 9.38 Å². The second-order valence-corrected chi connectivity index (χ2v) is 3.83. The Kier molecular flexibility index (Phi) is 3.01. The van der Waals surface area contributed by atoms with Crippen LogP contribution in [-0.4, -0.2) is 33.5 Å². The van der Waals surface area contributed by atoms with E-state index in [0.717, 1.165) is 5.69 Å². The summed E-state index contributed by atoms with van der Waals surface area (Å²) >= 11 is 0. The van der Waals surface area contributed by atoms with Crippen LogP contribution >= 0.6 is 0 Å². The minimum Gasteiger partial charge on any atom is -0.481 e. The van der Waals surface area contributed by atoms with Gasteiger partial charge in [0, 0.05) is 5.69 Å². The van der Waals surface area contributed by atoms with E-state index in [9.17, 15) is 9.59 Å². The second kappa shape index (κ2) is 4.48. The number of fused-ring (bicyclic) bond motifs is 1. The van der Waals surface area contributed by atoms with Gasteiger partial charge in [-0.15, -0.1) is 0 Å².